The Labute approximate surface area is 85.7 Å². The molecule has 2 rings (SSSR count). The van der Waals surface area contributed by atoms with Crippen LogP contribution in [-0.2, 0) is 4.74 Å². The van der Waals surface area contributed by atoms with Crippen LogP contribution in [-0.4, -0.2) is 49.8 Å². The zero-order valence-corrected chi connectivity index (χ0v) is 7.89. The average Bonchev–Trinajstić information content (AvgIpc) is 2.74. The lowest BCUT2D eigenvalue weighted by atomic mass is 10.1. The van der Waals surface area contributed by atoms with Gasteiger partial charge in [-0.1, -0.05) is 0 Å². The average molecular weight is 215 g/mol. The molecular weight excluding hydrogens is 202 g/mol. The van der Waals surface area contributed by atoms with Gasteiger partial charge >= 0.3 is 0 Å². The number of aliphatic hydroxyl groups excluding tert-OH is 3. The number of ether oxygens (including phenoxy) is 1. The number of aromatic nitrogens is 2. The highest BCUT2D eigenvalue weighted by molar-refractivity contribution is 5.25. The molecule has 1 aliphatic rings. The van der Waals surface area contributed by atoms with Crippen LogP contribution in [0.25, 0.3) is 0 Å². The van der Waals surface area contributed by atoms with Crippen LogP contribution < -0.4 is 5.73 Å². The monoisotopic (exact) mass is 215 g/mol. The maximum atomic E-state index is 9.66. The van der Waals surface area contributed by atoms with Gasteiger partial charge in [-0.2, -0.15) is 0 Å². The third-order valence-electron chi connectivity index (χ3n) is 2.49. The van der Waals surface area contributed by atoms with E-state index in [1.807, 2.05) is 0 Å². The van der Waals surface area contributed by atoms with Crippen LogP contribution in [0.4, 0.5) is 5.82 Å². The summed E-state index contributed by atoms with van der Waals surface area (Å²) in [7, 11) is 0. The van der Waals surface area contributed by atoms with E-state index < -0.39 is 24.5 Å². The van der Waals surface area contributed by atoms with Crippen molar-refractivity contribution in [3.63, 3.8) is 0 Å². The standard InChI is InChI=1S/C8H13N3O4/c9-5-1-10-3-11(5)8-7(14)6(13)4(2-12)15-8/h1,3-4,6-8,12-14H,2,9H2. The molecule has 0 aromatic carbocycles. The lowest BCUT2D eigenvalue weighted by Crippen LogP contribution is -2.33. The molecule has 0 spiro atoms. The van der Waals surface area contributed by atoms with Gasteiger partial charge in [0.15, 0.2) is 6.23 Å². The highest BCUT2D eigenvalue weighted by Gasteiger charge is 2.43. The summed E-state index contributed by atoms with van der Waals surface area (Å²) in [5.74, 6) is 0.324. The predicted octanol–water partition coefficient (Wildman–Crippen LogP) is -1.92. The summed E-state index contributed by atoms with van der Waals surface area (Å²) in [6, 6.07) is 0. The Morgan fingerprint density at radius 1 is 1.47 bits per heavy atom. The van der Waals surface area contributed by atoms with Crippen molar-refractivity contribution in [2.45, 2.75) is 24.5 Å². The first-order chi connectivity index (χ1) is 7.15. The van der Waals surface area contributed by atoms with E-state index in [2.05, 4.69) is 4.98 Å². The summed E-state index contributed by atoms with van der Waals surface area (Å²) in [5.41, 5.74) is 5.58. The molecule has 0 saturated carbocycles. The number of aliphatic hydroxyl groups is 3. The van der Waals surface area contributed by atoms with E-state index in [-0.39, 0.29) is 6.61 Å². The fourth-order valence-corrected chi connectivity index (χ4v) is 1.64. The van der Waals surface area contributed by atoms with Crippen LogP contribution in [0.1, 0.15) is 6.23 Å². The number of nitrogens with two attached hydrogens (primary N) is 1. The smallest absolute Gasteiger partial charge is 0.165 e. The quantitative estimate of drug-likeness (QED) is 0.457. The van der Waals surface area contributed by atoms with Gasteiger partial charge < -0.3 is 25.8 Å². The highest BCUT2D eigenvalue weighted by atomic mass is 16.6. The summed E-state index contributed by atoms with van der Waals surface area (Å²) in [6.07, 6.45) is -1.04. The van der Waals surface area contributed by atoms with Crippen LogP contribution >= 0.6 is 0 Å². The number of nitrogens with zero attached hydrogens (tertiary/aromatic N) is 2. The molecule has 1 aromatic rings. The molecular formula is C8H13N3O4. The molecule has 4 unspecified atom stereocenters. The van der Waals surface area contributed by atoms with Crippen molar-refractivity contribution in [1.29, 1.82) is 0 Å². The van der Waals surface area contributed by atoms with Gasteiger partial charge in [0.1, 0.15) is 24.1 Å². The Balaban J connectivity index is 2.22. The summed E-state index contributed by atoms with van der Waals surface area (Å²) < 4.78 is 6.66. The number of imidazole rings is 1. The van der Waals surface area contributed by atoms with Crippen LogP contribution in [0.3, 0.4) is 0 Å². The van der Waals surface area contributed by atoms with Gasteiger partial charge in [-0.15, -0.1) is 0 Å². The second-order valence-electron chi connectivity index (χ2n) is 3.45. The lowest BCUT2D eigenvalue weighted by Gasteiger charge is -2.16. The second-order valence-corrected chi connectivity index (χ2v) is 3.45. The van der Waals surface area contributed by atoms with Crippen LogP contribution in [0.15, 0.2) is 12.5 Å². The Morgan fingerprint density at radius 2 is 2.20 bits per heavy atom. The van der Waals surface area contributed by atoms with Crippen molar-refractivity contribution in [1.82, 2.24) is 9.55 Å². The molecule has 2 heterocycles. The van der Waals surface area contributed by atoms with Gasteiger partial charge in [0.2, 0.25) is 0 Å². The minimum atomic E-state index is -1.13. The molecule has 1 fully saturated rings. The number of rotatable bonds is 2. The van der Waals surface area contributed by atoms with Gasteiger partial charge in [-0.25, -0.2) is 4.98 Å². The summed E-state index contributed by atoms with van der Waals surface area (Å²) >= 11 is 0. The number of nitrogen functional groups attached to an aromatic ring is 1. The third-order valence-corrected chi connectivity index (χ3v) is 2.49. The normalized spacial score (nSPS) is 35.9. The molecule has 1 saturated heterocycles. The van der Waals surface area contributed by atoms with Crippen molar-refractivity contribution < 1.29 is 20.1 Å². The molecule has 5 N–H and O–H groups in total. The van der Waals surface area contributed by atoms with Gasteiger partial charge in [-0.05, 0) is 0 Å². The first kappa shape index (κ1) is 10.4. The highest BCUT2D eigenvalue weighted by Crippen LogP contribution is 2.30. The minimum absolute atomic E-state index is 0.324. The van der Waals surface area contributed by atoms with E-state index in [9.17, 15) is 10.2 Å². The van der Waals surface area contributed by atoms with Crippen molar-refractivity contribution in [2.24, 2.45) is 0 Å². The van der Waals surface area contributed by atoms with Gasteiger partial charge in [0.05, 0.1) is 19.1 Å². The van der Waals surface area contributed by atoms with E-state index in [1.54, 1.807) is 0 Å². The first-order valence-electron chi connectivity index (χ1n) is 4.55. The molecule has 0 amide bonds. The fourth-order valence-electron chi connectivity index (χ4n) is 1.64. The van der Waals surface area contributed by atoms with Crippen molar-refractivity contribution in [3.05, 3.63) is 12.5 Å². The SMILES string of the molecule is Nc1cncn1C1OC(CO)C(O)C1O. The first-order valence-corrected chi connectivity index (χ1v) is 4.55. The molecule has 0 aliphatic carbocycles. The molecule has 84 valence electrons. The van der Waals surface area contributed by atoms with Gasteiger partial charge in [0, 0.05) is 0 Å². The topological polar surface area (TPSA) is 114 Å². The zero-order valence-electron chi connectivity index (χ0n) is 7.89. The second kappa shape index (κ2) is 3.78. The van der Waals surface area contributed by atoms with Crippen LogP contribution in [0, 0.1) is 0 Å². The van der Waals surface area contributed by atoms with E-state index in [4.69, 9.17) is 15.6 Å². The molecule has 0 bridgehead atoms. The molecule has 0 radical (unpaired) electrons. The molecule has 4 atom stereocenters. The van der Waals surface area contributed by atoms with Gasteiger partial charge in [0.25, 0.3) is 0 Å². The van der Waals surface area contributed by atoms with Crippen molar-refractivity contribution in [3.8, 4) is 0 Å². The van der Waals surface area contributed by atoms with Crippen LogP contribution in [0.5, 0.6) is 0 Å². The predicted molar refractivity (Wildman–Crippen MR) is 49.6 cm³/mol. The van der Waals surface area contributed by atoms with E-state index in [0.29, 0.717) is 5.82 Å². The van der Waals surface area contributed by atoms with E-state index in [1.165, 1.54) is 17.1 Å². The number of hydrogen-bond acceptors (Lipinski definition) is 6. The molecule has 1 aliphatic heterocycles. The third kappa shape index (κ3) is 1.59. The Bertz CT molecular complexity index is 342. The molecule has 7 nitrogen and oxygen atoms in total. The largest absolute Gasteiger partial charge is 0.394 e. The number of anilines is 1. The van der Waals surface area contributed by atoms with Crippen molar-refractivity contribution >= 4 is 5.82 Å². The van der Waals surface area contributed by atoms with Gasteiger partial charge in [-0.3, -0.25) is 4.57 Å². The summed E-state index contributed by atoms with van der Waals surface area (Å²) in [5, 5.41) is 28.1. The Hall–Kier alpha value is -1.15. The lowest BCUT2D eigenvalue weighted by molar-refractivity contribution is -0.0517. The van der Waals surface area contributed by atoms with Crippen LogP contribution in [0.2, 0.25) is 0 Å². The maximum Gasteiger partial charge on any atom is 0.165 e. The van der Waals surface area contributed by atoms with E-state index >= 15 is 0 Å². The number of hydrogen-bond donors (Lipinski definition) is 4. The van der Waals surface area contributed by atoms with Crippen molar-refractivity contribution in [2.75, 3.05) is 12.3 Å². The maximum absolute atomic E-state index is 9.66. The minimum Gasteiger partial charge on any atom is -0.394 e. The Kier molecular flexibility index (Phi) is 2.61. The van der Waals surface area contributed by atoms with E-state index in [0.717, 1.165) is 0 Å². The molecule has 7 heteroatoms. The molecule has 1 aromatic heterocycles. The zero-order chi connectivity index (χ0) is 11.0. The fraction of sp³-hybridized carbons (Fsp3) is 0.625. The Morgan fingerprint density at radius 3 is 2.67 bits per heavy atom. The summed E-state index contributed by atoms with van der Waals surface area (Å²) in [4.78, 5) is 3.78. The molecule has 15 heavy (non-hydrogen) atoms. The summed E-state index contributed by atoms with van der Waals surface area (Å²) in [6.45, 7) is -0.358.